The van der Waals surface area contributed by atoms with E-state index in [0.29, 0.717) is 18.8 Å². The van der Waals surface area contributed by atoms with E-state index >= 15 is 0 Å². The minimum Gasteiger partial charge on any atom is -0.462 e. The van der Waals surface area contributed by atoms with Gasteiger partial charge in [0.1, 0.15) is 0 Å². The van der Waals surface area contributed by atoms with Crippen LogP contribution in [0.3, 0.4) is 0 Å². The summed E-state index contributed by atoms with van der Waals surface area (Å²) in [7, 11) is 0. The lowest BCUT2D eigenvalue weighted by atomic mass is 10.1. The average molecular weight is 284 g/mol. The highest BCUT2D eigenvalue weighted by atomic mass is 16.5. The van der Waals surface area contributed by atoms with Gasteiger partial charge in [-0.1, -0.05) is 57.4 Å². The van der Waals surface area contributed by atoms with E-state index in [0.717, 1.165) is 25.7 Å². The molecular formula is C17H32O3. The van der Waals surface area contributed by atoms with E-state index in [1.54, 1.807) is 13.0 Å². The predicted molar refractivity (Wildman–Crippen MR) is 83.6 cm³/mol. The maximum absolute atomic E-state index is 11.4. The van der Waals surface area contributed by atoms with Gasteiger partial charge in [0, 0.05) is 12.2 Å². The van der Waals surface area contributed by atoms with Crippen molar-refractivity contribution in [2.45, 2.75) is 78.1 Å². The van der Waals surface area contributed by atoms with Crippen molar-refractivity contribution in [3.8, 4) is 0 Å². The molecule has 0 aromatic rings. The van der Waals surface area contributed by atoms with E-state index in [-0.39, 0.29) is 5.97 Å². The lowest BCUT2D eigenvalue weighted by molar-refractivity contribution is -0.139. The van der Waals surface area contributed by atoms with Crippen molar-refractivity contribution in [3.63, 3.8) is 0 Å². The quantitative estimate of drug-likeness (QED) is 0.310. The van der Waals surface area contributed by atoms with E-state index in [1.807, 2.05) is 6.92 Å². The van der Waals surface area contributed by atoms with E-state index in [2.05, 4.69) is 0 Å². The summed E-state index contributed by atoms with van der Waals surface area (Å²) >= 11 is 0. The van der Waals surface area contributed by atoms with Crippen LogP contribution in [0.4, 0.5) is 0 Å². The molecule has 0 saturated heterocycles. The van der Waals surface area contributed by atoms with Crippen LogP contribution < -0.4 is 0 Å². The third-order valence-electron chi connectivity index (χ3n) is 3.54. The molecule has 0 fully saturated rings. The smallest absolute Gasteiger partial charge is 0.333 e. The second-order valence-electron chi connectivity index (χ2n) is 5.37. The number of esters is 1. The molecule has 0 atom stereocenters. The van der Waals surface area contributed by atoms with E-state index in [4.69, 9.17) is 9.84 Å². The monoisotopic (exact) mass is 284 g/mol. The van der Waals surface area contributed by atoms with Crippen LogP contribution in [0.5, 0.6) is 0 Å². The first kappa shape index (κ1) is 19.2. The van der Waals surface area contributed by atoms with Gasteiger partial charge in [0.15, 0.2) is 0 Å². The molecule has 3 nitrogen and oxygen atoms in total. The Hall–Kier alpha value is -0.830. The summed E-state index contributed by atoms with van der Waals surface area (Å²) in [5.74, 6) is -0.185. The van der Waals surface area contributed by atoms with Crippen molar-refractivity contribution in [1.82, 2.24) is 0 Å². The molecule has 0 saturated carbocycles. The summed E-state index contributed by atoms with van der Waals surface area (Å²) in [6, 6.07) is 0. The third-order valence-corrected chi connectivity index (χ3v) is 3.54. The fraction of sp³-hybridized carbons (Fsp3) is 0.824. The molecule has 0 aromatic carbocycles. The van der Waals surface area contributed by atoms with Gasteiger partial charge in [-0.2, -0.15) is 0 Å². The number of allylic oxidation sites excluding steroid dienone is 1. The van der Waals surface area contributed by atoms with E-state index in [1.165, 1.54) is 38.5 Å². The van der Waals surface area contributed by atoms with Crippen molar-refractivity contribution in [3.05, 3.63) is 11.6 Å². The average Bonchev–Trinajstić information content (AvgIpc) is 2.47. The molecule has 0 aromatic heterocycles. The van der Waals surface area contributed by atoms with Crippen LogP contribution in [0.25, 0.3) is 0 Å². The topological polar surface area (TPSA) is 46.5 Å². The number of ether oxygens (including phenoxy) is 1. The van der Waals surface area contributed by atoms with Gasteiger partial charge in [0.2, 0.25) is 0 Å². The van der Waals surface area contributed by atoms with Crippen molar-refractivity contribution < 1.29 is 14.6 Å². The Balaban J connectivity index is 3.15. The zero-order valence-corrected chi connectivity index (χ0v) is 13.3. The summed E-state index contributed by atoms with van der Waals surface area (Å²) in [6.07, 6.45) is 13.7. The SMILES string of the molecule is C/C=C(\C)C(=O)OCCCCCCCCCCCCO. The minimum atomic E-state index is -0.185. The predicted octanol–water partition coefficient (Wildman–Crippen LogP) is 4.39. The van der Waals surface area contributed by atoms with Gasteiger partial charge < -0.3 is 9.84 Å². The maximum Gasteiger partial charge on any atom is 0.333 e. The fourth-order valence-corrected chi connectivity index (χ4v) is 2.02. The van der Waals surface area contributed by atoms with Gasteiger partial charge in [0.05, 0.1) is 6.61 Å². The van der Waals surface area contributed by atoms with Crippen molar-refractivity contribution in [1.29, 1.82) is 0 Å². The Morgan fingerprint density at radius 2 is 1.35 bits per heavy atom. The molecule has 20 heavy (non-hydrogen) atoms. The molecule has 0 radical (unpaired) electrons. The molecule has 3 heteroatoms. The van der Waals surface area contributed by atoms with Crippen molar-refractivity contribution >= 4 is 5.97 Å². The van der Waals surface area contributed by atoms with Gasteiger partial charge in [-0.25, -0.2) is 4.79 Å². The maximum atomic E-state index is 11.4. The summed E-state index contributed by atoms with van der Waals surface area (Å²) in [6.45, 7) is 4.51. The molecule has 0 aliphatic heterocycles. The summed E-state index contributed by atoms with van der Waals surface area (Å²) in [5.41, 5.74) is 0.686. The Morgan fingerprint density at radius 1 is 0.900 bits per heavy atom. The molecular weight excluding hydrogens is 252 g/mol. The number of hydrogen-bond acceptors (Lipinski definition) is 3. The summed E-state index contributed by atoms with van der Waals surface area (Å²) < 4.78 is 5.15. The first-order chi connectivity index (χ1) is 9.72. The first-order valence-corrected chi connectivity index (χ1v) is 8.13. The lowest BCUT2D eigenvalue weighted by Crippen LogP contribution is -2.06. The molecule has 0 bridgehead atoms. The van der Waals surface area contributed by atoms with Crippen LogP contribution in [0.2, 0.25) is 0 Å². The summed E-state index contributed by atoms with van der Waals surface area (Å²) in [5, 5.41) is 8.65. The second-order valence-corrected chi connectivity index (χ2v) is 5.37. The number of unbranched alkanes of at least 4 members (excludes halogenated alkanes) is 9. The van der Waals surface area contributed by atoms with Crippen LogP contribution in [0.1, 0.15) is 78.1 Å². The highest BCUT2D eigenvalue weighted by Gasteiger charge is 2.03. The fourth-order valence-electron chi connectivity index (χ4n) is 2.02. The summed E-state index contributed by atoms with van der Waals surface area (Å²) in [4.78, 5) is 11.4. The van der Waals surface area contributed by atoms with Gasteiger partial charge in [0.25, 0.3) is 0 Å². The zero-order chi connectivity index (χ0) is 15.1. The van der Waals surface area contributed by atoms with Gasteiger partial charge in [-0.05, 0) is 26.7 Å². The molecule has 0 heterocycles. The Kier molecular flexibility index (Phi) is 14.0. The first-order valence-electron chi connectivity index (χ1n) is 8.13. The second kappa shape index (κ2) is 14.6. The number of hydrogen-bond donors (Lipinski definition) is 1. The lowest BCUT2D eigenvalue weighted by Gasteiger charge is -2.05. The zero-order valence-electron chi connectivity index (χ0n) is 13.3. The van der Waals surface area contributed by atoms with Crippen LogP contribution in [0, 0.1) is 0 Å². The Morgan fingerprint density at radius 3 is 1.80 bits per heavy atom. The minimum absolute atomic E-state index is 0.185. The number of carbonyl (C=O) groups excluding carboxylic acids is 1. The highest BCUT2D eigenvalue weighted by Crippen LogP contribution is 2.10. The molecule has 0 aliphatic carbocycles. The van der Waals surface area contributed by atoms with Crippen molar-refractivity contribution in [2.75, 3.05) is 13.2 Å². The molecule has 0 rings (SSSR count). The van der Waals surface area contributed by atoms with Gasteiger partial charge in [-0.15, -0.1) is 0 Å². The van der Waals surface area contributed by atoms with Crippen LogP contribution in [-0.4, -0.2) is 24.3 Å². The number of aliphatic hydroxyl groups is 1. The van der Waals surface area contributed by atoms with Crippen LogP contribution in [0.15, 0.2) is 11.6 Å². The number of rotatable bonds is 13. The Bertz CT molecular complexity index is 259. The normalized spacial score (nSPS) is 11.7. The molecule has 0 unspecified atom stereocenters. The molecule has 1 N–H and O–H groups in total. The van der Waals surface area contributed by atoms with E-state index < -0.39 is 0 Å². The van der Waals surface area contributed by atoms with E-state index in [9.17, 15) is 4.79 Å². The molecule has 0 aliphatic rings. The third kappa shape index (κ3) is 12.2. The molecule has 0 amide bonds. The molecule has 118 valence electrons. The molecule has 0 spiro atoms. The van der Waals surface area contributed by atoms with Gasteiger partial charge in [-0.3, -0.25) is 0 Å². The standard InChI is InChI=1S/C17H32O3/c1-3-16(2)17(19)20-15-13-11-9-7-5-4-6-8-10-12-14-18/h3,18H,4-15H2,1-2H3/b16-3+. The van der Waals surface area contributed by atoms with Crippen LogP contribution >= 0.6 is 0 Å². The largest absolute Gasteiger partial charge is 0.462 e. The Labute approximate surface area is 124 Å². The van der Waals surface area contributed by atoms with Crippen molar-refractivity contribution in [2.24, 2.45) is 0 Å². The number of aliphatic hydroxyl groups excluding tert-OH is 1. The van der Waals surface area contributed by atoms with Crippen LogP contribution in [-0.2, 0) is 9.53 Å². The highest BCUT2D eigenvalue weighted by molar-refractivity contribution is 5.87. The van der Waals surface area contributed by atoms with Gasteiger partial charge >= 0.3 is 5.97 Å². The number of carbonyl (C=O) groups is 1.